The molecule has 1 aromatic rings. The molecule has 2 rings (SSSR count). The minimum atomic E-state index is 0.135. The van der Waals surface area contributed by atoms with Gasteiger partial charge in [-0.3, -0.25) is 0 Å². The largest absolute Gasteiger partial charge is 0.394 e. The fraction of sp³-hybridized carbons (Fsp3) is 0.636. The number of thioether (sulfide) groups is 1. The van der Waals surface area contributed by atoms with Gasteiger partial charge < -0.3 is 10.0 Å². The number of rotatable bonds is 3. The molecule has 6 heteroatoms. The van der Waals surface area contributed by atoms with Crippen molar-refractivity contribution in [3.8, 4) is 0 Å². The van der Waals surface area contributed by atoms with E-state index in [4.69, 9.17) is 11.6 Å². The van der Waals surface area contributed by atoms with Crippen molar-refractivity contribution in [2.24, 2.45) is 5.92 Å². The Morgan fingerprint density at radius 3 is 3.00 bits per heavy atom. The number of aliphatic hydroxyl groups excluding tert-OH is 1. The Bertz CT molecular complexity index is 404. The zero-order valence-corrected chi connectivity index (χ0v) is 11.5. The first kappa shape index (κ1) is 12.9. The first-order chi connectivity index (χ1) is 8.15. The topological polar surface area (TPSA) is 49.2 Å². The second kappa shape index (κ2) is 5.42. The summed E-state index contributed by atoms with van der Waals surface area (Å²) in [6.07, 6.45) is 2.99. The quantitative estimate of drug-likeness (QED) is 0.519. The first-order valence-corrected chi connectivity index (χ1v) is 7.22. The molecule has 2 unspecified atom stereocenters. The summed E-state index contributed by atoms with van der Waals surface area (Å²) in [5.74, 6) is 1.30. The third kappa shape index (κ3) is 2.67. The Morgan fingerprint density at radius 2 is 2.35 bits per heavy atom. The van der Waals surface area contributed by atoms with Gasteiger partial charge >= 0.3 is 0 Å². The van der Waals surface area contributed by atoms with Crippen LogP contribution in [-0.2, 0) is 0 Å². The van der Waals surface area contributed by atoms with Gasteiger partial charge in [-0.1, -0.05) is 30.3 Å². The average Bonchev–Trinajstić information content (AvgIpc) is 2.69. The molecule has 17 heavy (non-hydrogen) atoms. The predicted molar refractivity (Wildman–Crippen MR) is 70.8 cm³/mol. The van der Waals surface area contributed by atoms with Gasteiger partial charge in [0.1, 0.15) is 11.0 Å². The molecule has 0 amide bonds. The van der Waals surface area contributed by atoms with E-state index in [1.54, 1.807) is 6.07 Å². The zero-order valence-electron chi connectivity index (χ0n) is 9.93. The van der Waals surface area contributed by atoms with E-state index < -0.39 is 0 Å². The summed E-state index contributed by atoms with van der Waals surface area (Å²) >= 11 is 7.45. The second-order valence-corrected chi connectivity index (χ2v) is 5.41. The van der Waals surface area contributed by atoms with E-state index >= 15 is 0 Å². The Morgan fingerprint density at radius 1 is 1.59 bits per heavy atom. The Labute approximate surface area is 110 Å². The maximum absolute atomic E-state index is 9.44. The summed E-state index contributed by atoms with van der Waals surface area (Å²) in [5.41, 5.74) is 0. The van der Waals surface area contributed by atoms with E-state index in [1.165, 1.54) is 11.8 Å². The van der Waals surface area contributed by atoms with Crippen molar-refractivity contribution in [2.75, 3.05) is 24.3 Å². The van der Waals surface area contributed by atoms with E-state index in [0.717, 1.165) is 18.8 Å². The number of hydrogen-bond acceptors (Lipinski definition) is 5. The molecule has 0 radical (unpaired) electrons. The van der Waals surface area contributed by atoms with Crippen LogP contribution in [0, 0.1) is 5.92 Å². The third-order valence-electron chi connectivity index (χ3n) is 3.21. The minimum absolute atomic E-state index is 0.135. The lowest BCUT2D eigenvalue weighted by molar-refractivity contribution is 0.244. The molecule has 1 N–H and O–H groups in total. The zero-order chi connectivity index (χ0) is 12.4. The van der Waals surface area contributed by atoms with Crippen LogP contribution >= 0.6 is 23.4 Å². The highest BCUT2D eigenvalue weighted by atomic mass is 35.5. The maximum atomic E-state index is 9.44. The van der Waals surface area contributed by atoms with Crippen molar-refractivity contribution in [2.45, 2.75) is 24.5 Å². The van der Waals surface area contributed by atoms with Crippen molar-refractivity contribution in [3.63, 3.8) is 0 Å². The van der Waals surface area contributed by atoms with E-state index in [-0.39, 0.29) is 12.6 Å². The fourth-order valence-corrected chi connectivity index (χ4v) is 2.80. The Kier molecular flexibility index (Phi) is 4.12. The number of halogens is 1. The van der Waals surface area contributed by atoms with Gasteiger partial charge in [-0.2, -0.15) is 0 Å². The molecular formula is C11H16ClN3OS. The van der Waals surface area contributed by atoms with Crippen LogP contribution in [0.5, 0.6) is 0 Å². The molecule has 1 aliphatic rings. The van der Waals surface area contributed by atoms with Crippen LogP contribution < -0.4 is 4.90 Å². The highest BCUT2D eigenvalue weighted by molar-refractivity contribution is 7.98. The molecule has 1 saturated heterocycles. The van der Waals surface area contributed by atoms with Crippen LogP contribution in [0.3, 0.4) is 0 Å². The fourth-order valence-electron chi connectivity index (χ4n) is 2.19. The highest BCUT2D eigenvalue weighted by Gasteiger charge is 2.31. The average molecular weight is 274 g/mol. The lowest BCUT2D eigenvalue weighted by Gasteiger charge is -2.26. The van der Waals surface area contributed by atoms with Crippen molar-refractivity contribution in [3.05, 3.63) is 11.2 Å². The lowest BCUT2D eigenvalue weighted by atomic mass is 10.0. The highest BCUT2D eigenvalue weighted by Crippen LogP contribution is 2.30. The summed E-state index contributed by atoms with van der Waals surface area (Å²) < 4.78 is 0. The molecule has 4 nitrogen and oxygen atoms in total. The molecule has 1 aromatic heterocycles. The van der Waals surface area contributed by atoms with E-state index in [2.05, 4.69) is 21.8 Å². The smallest absolute Gasteiger partial charge is 0.190 e. The lowest BCUT2D eigenvalue weighted by Crippen LogP contribution is -2.35. The van der Waals surface area contributed by atoms with Gasteiger partial charge in [0.2, 0.25) is 0 Å². The van der Waals surface area contributed by atoms with Crippen LogP contribution in [0.4, 0.5) is 5.82 Å². The second-order valence-electron chi connectivity index (χ2n) is 4.24. The van der Waals surface area contributed by atoms with Crippen molar-refractivity contribution in [1.29, 1.82) is 0 Å². The van der Waals surface area contributed by atoms with Crippen LogP contribution in [0.15, 0.2) is 11.2 Å². The van der Waals surface area contributed by atoms with Gasteiger partial charge in [0.25, 0.3) is 0 Å². The van der Waals surface area contributed by atoms with E-state index in [9.17, 15) is 5.11 Å². The van der Waals surface area contributed by atoms with Crippen LogP contribution in [0.1, 0.15) is 13.3 Å². The SMILES string of the molecule is CSc1nc(Cl)cc(N2CCC(C)C2CO)n1. The summed E-state index contributed by atoms with van der Waals surface area (Å²) in [5, 5.41) is 10.6. The maximum Gasteiger partial charge on any atom is 0.190 e. The van der Waals surface area contributed by atoms with E-state index in [0.29, 0.717) is 16.2 Å². The minimum Gasteiger partial charge on any atom is -0.394 e. The summed E-state index contributed by atoms with van der Waals surface area (Å²) in [6, 6.07) is 1.90. The summed E-state index contributed by atoms with van der Waals surface area (Å²) in [7, 11) is 0. The van der Waals surface area contributed by atoms with Crippen molar-refractivity contribution < 1.29 is 5.11 Å². The summed E-state index contributed by atoms with van der Waals surface area (Å²) in [6.45, 7) is 3.21. The Hall–Kier alpha value is -0.520. The molecule has 1 fully saturated rings. The number of anilines is 1. The van der Waals surface area contributed by atoms with Crippen molar-refractivity contribution >= 4 is 29.2 Å². The molecule has 0 saturated carbocycles. The molecule has 0 aromatic carbocycles. The first-order valence-electron chi connectivity index (χ1n) is 5.61. The molecule has 0 aliphatic carbocycles. The predicted octanol–water partition coefficient (Wildman–Crippen LogP) is 2.06. The normalized spacial score (nSPS) is 24.4. The van der Waals surface area contributed by atoms with Gasteiger partial charge in [0.15, 0.2) is 5.16 Å². The number of aliphatic hydroxyl groups is 1. The molecule has 2 atom stereocenters. The van der Waals surface area contributed by atoms with E-state index in [1.807, 2.05) is 6.26 Å². The van der Waals surface area contributed by atoms with Crippen molar-refractivity contribution in [1.82, 2.24) is 9.97 Å². The standard InChI is InChI=1S/C11H16ClN3OS/c1-7-3-4-15(8(7)6-16)10-5-9(12)13-11(14-10)17-2/h5,7-8,16H,3-4,6H2,1-2H3. The molecule has 0 bridgehead atoms. The van der Waals surface area contributed by atoms with Crippen LogP contribution in [0.2, 0.25) is 5.15 Å². The number of aromatic nitrogens is 2. The van der Waals surface area contributed by atoms with Gasteiger partial charge in [0.05, 0.1) is 12.6 Å². The van der Waals surface area contributed by atoms with Gasteiger partial charge in [0, 0.05) is 12.6 Å². The summed E-state index contributed by atoms with van der Waals surface area (Å²) in [4.78, 5) is 10.7. The molecular weight excluding hydrogens is 258 g/mol. The molecule has 0 spiro atoms. The van der Waals surface area contributed by atoms with Crippen LogP contribution in [-0.4, -0.2) is 40.5 Å². The molecule has 2 heterocycles. The van der Waals surface area contributed by atoms with Gasteiger partial charge in [-0.05, 0) is 18.6 Å². The Balaban J connectivity index is 2.30. The monoisotopic (exact) mass is 273 g/mol. The number of nitrogens with zero attached hydrogens (tertiary/aromatic N) is 3. The van der Waals surface area contributed by atoms with Gasteiger partial charge in [-0.15, -0.1) is 0 Å². The molecule has 1 aliphatic heterocycles. The van der Waals surface area contributed by atoms with Crippen LogP contribution in [0.25, 0.3) is 0 Å². The molecule has 94 valence electrons. The number of hydrogen-bond donors (Lipinski definition) is 1. The van der Waals surface area contributed by atoms with Gasteiger partial charge in [-0.25, -0.2) is 9.97 Å². The third-order valence-corrected chi connectivity index (χ3v) is 3.95.